The molecule has 0 saturated carbocycles. The molecule has 1 aromatic carbocycles. The maximum Gasteiger partial charge on any atom is 0.133 e. The highest BCUT2D eigenvalue weighted by molar-refractivity contribution is 9.10. The summed E-state index contributed by atoms with van der Waals surface area (Å²) in [6.45, 7) is 2.11. The Balaban J connectivity index is 2.20. The standard InChI is InChI=1S/C16H20BrNO2/c1-4-15-12(7-8-20-15)14(18-2)10-11-5-6-16(19-3)13(17)9-11/h5-9,14,18H,4,10H2,1-3H3. The number of aryl methyl sites for hydroxylation is 1. The van der Waals surface area contributed by atoms with Crippen molar-refractivity contribution in [2.75, 3.05) is 14.2 Å². The van der Waals surface area contributed by atoms with Crippen LogP contribution in [0.25, 0.3) is 0 Å². The number of benzene rings is 1. The molecule has 1 heterocycles. The van der Waals surface area contributed by atoms with E-state index >= 15 is 0 Å². The summed E-state index contributed by atoms with van der Waals surface area (Å²) in [4.78, 5) is 0. The van der Waals surface area contributed by atoms with Crippen LogP contribution in [0.3, 0.4) is 0 Å². The van der Waals surface area contributed by atoms with E-state index in [1.165, 1.54) is 11.1 Å². The Labute approximate surface area is 128 Å². The second-order valence-electron chi connectivity index (χ2n) is 4.67. The van der Waals surface area contributed by atoms with Gasteiger partial charge >= 0.3 is 0 Å². The maximum absolute atomic E-state index is 5.53. The first kappa shape index (κ1) is 15.1. The first-order chi connectivity index (χ1) is 9.69. The second kappa shape index (κ2) is 6.95. The van der Waals surface area contributed by atoms with Crippen LogP contribution in [-0.2, 0) is 12.8 Å². The highest BCUT2D eigenvalue weighted by Crippen LogP contribution is 2.29. The van der Waals surface area contributed by atoms with Crippen molar-refractivity contribution in [3.05, 3.63) is 51.9 Å². The Morgan fingerprint density at radius 1 is 1.35 bits per heavy atom. The number of nitrogens with one attached hydrogen (secondary N) is 1. The van der Waals surface area contributed by atoms with Gasteiger partial charge < -0.3 is 14.5 Å². The largest absolute Gasteiger partial charge is 0.496 e. The maximum atomic E-state index is 5.53. The van der Waals surface area contributed by atoms with Crippen molar-refractivity contribution >= 4 is 15.9 Å². The Hall–Kier alpha value is -1.26. The van der Waals surface area contributed by atoms with Gasteiger partial charge in [-0.2, -0.15) is 0 Å². The quantitative estimate of drug-likeness (QED) is 0.861. The summed E-state index contributed by atoms with van der Waals surface area (Å²) in [6.07, 6.45) is 3.58. The lowest BCUT2D eigenvalue weighted by molar-refractivity contribution is 0.412. The second-order valence-corrected chi connectivity index (χ2v) is 5.52. The van der Waals surface area contributed by atoms with E-state index in [1.807, 2.05) is 13.1 Å². The number of likely N-dealkylation sites (N-methyl/N-ethyl adjacent to an activating group) is 1. The lowest BCUT2D eigenvalue weighted by Gasteiger charge is -2.17. The summed E-state index contributed by atoms with van der Waals surface area (Å²) in [5, 5.41) is 3.37. The molecule has 0 amide bonds. The molecule has 108 valence electrons. The summed E-state index contributed by atoms with van der Waals surface area (Å²) in [7, 11) is 3.66. The molecular formula is C16H20BrNO2. The summed E-state index contributed by atoms with van der Waals surface area (Å²) >= 11 is 3.53. The van der Waals surface area contributed by atoms with Crippen molar-refractivity contribution in [1.82, 2.24) is 5.32 Å². The van der Waals surface area contributed by atoms with Crippen molar-refractivity contribution in [3.8, 4) is 5.75 Å². The third-order valence-electron chi connectivity index (χ3n) is 3.48. The zero-order valence-corrected chi connectivity index (χ0v) is 13.7. The number of hydrogen-bond acceptors (Lipinski definition) is 3. The molecule has 0 saturated heterocycles. The number of rotatable bonds is 6. The molecule has 2 aromatic rings. The van der Waals surface area contributed by atoms with E-state index in [0.717, 1.165) is 28.8 Å². The molecule has 3 nitrogen and oxygen atoms in total. The molecule has 0 fully saturated rings. The number of methoxy groups -OCH3 is 1. The number of halogens is 1. The van der Waals surface area contributed by atoms with Crippen molar-refractivity contribution in [3.63, 3.8) is 0 Å². The molecule has 20 heavy (non-hydrogen) atoms. The van der Waals surface area contributed by atoms with Gasteiger partial charge in [0.05, 0.1) is 17.8 Å². The summed E-state index contributed by atoms with van der Waals surface area (Å²) in [6, 6.07) is 8.50. The zero-order chi connectivity index (χ0) is 14.5. The monoisotopic (exact) mass is 337 g/mol. The number of furan rings is 1. The van der Waals surface area contributed by atoms with Crippen LogP contribution in [0, 0.1) is 0 Å². The van der Waals surface area contributed by atoms with Crippen LogP contribution in [0.2, 0.25) is 0 Å². The lowest BCUT2D eigenvalue weighted by atomic mass is 9.98. The molecule has 4 heteroatoms. The average molecular weight is 338 g/mol. The van der Waals surface area contributed by atoms with Gasteiger partial charge in [0.25, 0.3) is 0 Å². The van der Waals surface area contributed by atoms with E-state index in [9.17, 15) is 0 Å². The van der Waals surface area contributed by atoms with Crippen LogP contribution in [0.1, 0.15) is 29.9 Å². The minimum atomic E-state index is 0.254. The van der Waals surface area contributed by atoms with Gasteiger partial charge in [-0.05, 0) is 53.2 Å². The summed E-state index contributed by atoms with van der Waals surface area (Å²) in [5.41, 5.74) is 2.49. The smallest absolute Gasteiger partial charge is 0.133 e. The van der Waals surface area contributed by atoms with Crippen LogP contribution in [-0.4, -0.2) is 14.2 Å². The van der Waals surface area contributed by atoms with Gasteiger partial charge in [-0.25, -0.2) is 0 Å². The van der Waals surface area contributed by atoms with Crippen molar-refractivity contribution in [1.29, 1.82) is 0 Å². The molecule has 2 rings (SSSR count). The molecule has 1 aromatic heterocycles. The van der Waals surface area contributed by atoms with E-state index < -0.39 is 0 Å². The Kier molecular flexibility index (Phi) is 5.26. The molecule has 0 aliphatic carbocycles. The van der Waals surface area contributed by atoms with Gasteiger partial charge in [-0.15, -0.1) is 0 Å². The Bertz CT molecular complexity index is 565. The van der Waals surface area contributed by atoms with Gasteiger partial charge in [0, 0.05) is 18.0 Å². The average Bonchev–Trinajstić information content (AvgIpc) is 2.93. The number of hydrogen-bond donors (Lipinski definition) is 1. The highest BCUT2D eigenvalue weighted by Gasteiger charge is 2.16. The van der Waals surface area contributed by atoms with Crippen molar-refractivity contribution < 1.29 is 9.15 Å². The fourth-order valence-electron chi connectivity index (χ4n) is 2.39. The Morgan fingerprint density at radius 3 is 2.75 bits per heavy atom. The van der Waals surface area contributed by atoms with Crippen LogP contribution in [0.5, 0.6) is 5.75 Å². The van der Waals surface area contributed by atoms with Crippen molar-refractivity contribution in [2.45, 2.75) is 25.8 Å². The van der Waals surface area contributed by atoms with Crippen LogP contribution >= 0.6 is 15.9 Å². The minimum Gasteiger partial charge on any atom is -0.496 e. The van der Waals surface area contributed by atoms with Crippen molar-refractivity contribution in [2.24, 2.45) is 0 Å². The highest BCUT2D eigenvalue weighted by atomic mass is 79.9. The summed E-state index contributed by atoms with van der Waals surface area (Å²) < 4.78 is 11.8. The molecule has 0 aliphatic rings. The predicted octanol–water partition coefficient (Wildman–Crippen LogP) is 4.12. The third-order valence-corrected chi connectivity index (χ3v) is 4.10. The van der Waals surface area contributed by atoms with E-state index in [2.05, 4.69) is 46.4 Å². The van der Waals surface area contributed by atoms with Gasteiger partial charge in [-0.1, -0.05) is 13.0 Å². The minimum absolute atomic E-state index is 0.254. The third kappa shape index (κ3) is 3.25. The molecule has 0 radical (unpaired) electrons. The first-order valence-corrected chi connectivity index (χ1v) is 7.54. The lowest BCUT2D eigenvalue weighted by Crippen LogP contribution is -2.19. The van der Waals surface area contributed by atoms with Crippen LogP contribution in [0.4, 0.5) is 0 Å². The molecule has 1 unspecified atom stereocenters. The van der Waals surface area contributed by atoms with Gasteiger partial charge in [0.15, 0.2) is 0 Å². The molecule has 0 spiro atoms. The van der Waals surface area contributed by atoms with Crippen LogP contribution < -0.4 is 10.1 Å². The molecule has 0 aliphatic heterocycles. The predicted molar refractivity (Wildman–Crippen MR) is 84.3 cm³/mol. The molecule has 1 N–H and O–H groups in total. The van der Waals surface area contributed by atoms with E-state index in [1.54, 1.807) is 13.4 Å². The fourth-order valence-corrected chi connectivity index (χ4v) is 2.98. The van der Waals surface area contributed by atoms with Gasteiger partial charge in [0.2, 0.25) is 0 Å². The molecular weight excluding hydrogens is 318 g/mol. The van der Waals surface area contributed by atoms with E-state index in [-0.39, 0.29) is 6.04 Å². The van der Waals surface area contributed by atoms with Gasteiger partial charge in [0.1, 0.15) is 11.5 Å². The fraction of sp³-hybridized carbons (Fsp3) is 0.375. The van der Waals surface area contributed by atoms with Gasteiger partial charge in [-0.3, -0.25) is 0 Å². The van der Waals surface area contributed by atoms with Crippen LogP contribution in [0.15, 0.2) is 39.4 Å². The number of ether oxygens (including phenoxy) is 1. The zero-order valence-electron chi connectivity index (χ0n) is 12.1. The first-order valence-electron chi connectivity index (χ1n) is 6.75. The topological polar surface area (TPSA) is 34.4 Å². The SMILES string of the molecule is CCc1occc1C(Cc1ccc(OC)c(Br)c1)NC. The van der Waals surface area contributed by atoms with E-state index in [0.29, 0.717) is 0 Å². The summed E-state index contributed by atoms with van der Waals surface area (Å²) in [5.74, 6) is 1.91. The normalized spacial score (nSPS) is 12.4. The Morgan fingerprint density at radius 2 is 2.15 bits per heavy atom. The van der Waals surface area contributed by atoms with E-state index in [4.69, 9.17) is 9.15 Å². The molecule has 1 atom stereocenters. The molecule has 0 bridgehead atoms.